The molecule has 4 nitrogen and oxygen atoms in total. The first-order valence-electron chi connectivity index (χ1n) is 5.20. The molecule has 0 unspecified atom stereocenters. The van der Waals surface area contributed by atoms with Gasteiger partial charge < -0.3 is 0 Å². The maximum absolute atomic E-state index is 11.4. The van der Waals surface area contributed by atoms with E-state index in [1.165, 1.54) is 11.8 Å². The Morgan fingerprint density at radius 3 is 2.41 bits per heavy atom. The molecule has 1 aromatic carbocycles. The predicted molar refractivity (Wildman–Crippen MR) is 69.3 cm³/mol. The molecule has 0 atom stereocenters. The average Bonchev–Trinajstić information content (AvgIpc) is 2.28. The van der Waals surface area contributed by atoms with Crippen molar-refractivity contribution in [2.24, 2.45) is 0 Å². The average molecular weight is 247 g/mol. The highest BCUT2D eigenvalue weighted by Gasteiger charge is 2.09. The summed E-state index contributed by atoms with van der Waals surface area (Å²) in [6, 6.07) is 5.99. The monoisotopic (exact) mass is 247 g/mol. The second-order valence-corrected chi connectivity index (χ2v) is 4.53. The Kier molecular flexibility index (Phi) is 3.28. The third kappa shape index (κ3) is 2.39. The van der Waals surface area contributed by atoms with Crippen molar-refractivity contribution >= 4 is 11.8 Å². The van der Waals surface area contributed by atoms with Crippen LogP contribution in [0.15, 0.2) is 28.2 Å². The van der Waals surface area contributed by atoms with Gasteiger partial charge in [0.25, 0.3) is 0 Å². The Hall–Kier alpha value is -1.62. The molecule has 0 amide bonds. The second-order valence-electron chi connectivity index (χ2n) is 3.76. The van der Waals surface area contributed by atoms with Crippen LogP contribution in [0, 0.1) is 13.8 Å². The summed E-state index contributed by atoms with van der Waals surface area (Å²) < 4.78 is 0. The standard InChI is InChI=1S/C12H13N3OS/c1-7-5-4-6-8(2)9(7)10-13-11(16)15-12(14-10)17-3/h4-6H,1-3H3,(H,13,14,15,16). The van der Waals surface area contributed by atoms with E-state index in [9.17, 15) is 4.79 Å². The van der Waals surface area contributed by atoms with Crippen LogP contribution in [0.2, 0.25) is 0 Å². The van der Waals surface area contributed by atoms with Gasteiger partial charge in [0.2, 0.25) is 0 Å². The van der Waals surface area contributed by atoms with Crippen LogP contribution in [-0.2, 0) is 0 Å². The van der Waals surface area contributed by atoms with Gasteiger partial charge in [-0.15, -0.1) is 0 Å². The molecule has 1 heterocycles. The van der Waals surface area contributed by atoms with Gasteiger partial charge in [0, 0.05) is 5.56 Å². The Bertz CT molecular complexity index is 587. The highest BCUT2D eigenvalue weighted by Crippen LogP contribution is 2.23. The summed E-state index contributed by atoms with van der Waals surface area (Å²) >= 11 is 1.36. The van der Waals surface area contributed by atoms with Crippen molar-refractivity contribution in [1.82, 2.24) is 15.0 Å². The van der Waals surface area contributed by atoms with Gasteiger partial charge in [-0.2, -0.15) is 4.98 Å². The SMILES string of the molecule is CSc1nc(-c2c(C)cccc2C)[nH]c(=O)n1. The smallest absolute Gasteiger partial charge is 0.290 e. The molecule has 88 valence electrons. The number of aromatic nitrogens is 3. The molecule has 2 aromatic rings. The van der Waals surface area contributed by atoms with Gasteiger partial charge in [-0.1, -0.05) is 30.0 Å². The second kappa shape index (κ2) is 4.71. The van der Waals surface area contributed by atoms with Crippen LogP contribution < -0.4 is 5.69 Å². The van der Waals surface area contributed by atoms with Gasteiger partial charge in [0.15, 0.2) is 5.16 Å². The van der Waals surface area contributed by atoms with E-state index in [1.54, 1.807) is 0 Å². The number of H-pyrrole nitrogens is 1. The van der Waals surface area contributed by atoms with Crippen molar-refractivity contribution in [3.63, 3.8) is 0 Å². The van der Waals surface area contributed by atoms with Crippen LogP contribution in [0.5, 0.6) is 0 Å². The van der Waals surface area contributed by atoms with E-state index < -0.39 is 0 Å². The first kappa shape index (κ1) is 11.9. The number of aryl methyl sites for hydroxylation is 2. The fraction of sp³-hybridized carbons (Fsp3) is 0.250. The normalized spacial score (nSPS) is 10.5. The maximum atomic E-state index is 11.4. The highest BCUT2D eigenvalue weighted by atomic mass is 32.2. The molecule has 0 spiro atoms. The molecule has 0 aliphatic heterocycles. The van der Waals surface area contributed by atoms with Crippen LogP contribution in [0.3, 0.4) is 0 Å². The lowest BCUT2D eigenvalue weighted by molar-refractivity contribution is 0.870. The number of thioether (sulfide) groups is 1. The minimum Gasteiger partial charge on any atom is -0.290 e. The van der Waals surface area contributed by atoms with E-state index in [2.05, 4.69) is 15.0 Å². The molecule has 0 bridgehead atoms. The third-order valence-corrected chi connectivity index (χ3v) is 3.08. The van der Waals surface area contributed by atoms with Crippen LogP contribution in [0.25, 0.3) is 11.4 Å². The molecule has 17 heavy (non-hydrogen) atoms. The summed E-state index contributed by atoms with van der Waals surface area (Å²) in [4.78, 5) is 22.3. The Balaban J connectivity index is 2.68. The van der Waals surface area contributed by atoms with Gasteiger partial charge in [0.1, 0.15) is 5.82 Å². The number of nitrogens with one attached hydrogen (secondary N) is 1. The van der Waals surface area contributed by atoms with E-state index in [0.29, 0.717) is 11.0 Å². The largest absolute Gasteiger partial charge is 0.349 e. The number of hydrogen-bond donors (Lipinski definition) is 1. The number of nitrogens with zero attached hydrogens (tertiary/aromatic N) is 2. The van der Waals surface area contributed by atoms with Crippen molar-refractivity contribution in [2.75, 3.05) is 6.26 Å². The topological polar surface area (TPSA) is 58.6 Å². The van der Waals surface area contributed by atoms with Crippen molar-refractivity contribution in [3.8, 4) is 11.4 Å². The Morgan fingerprint density at radius 2 is 1.82 bits per heavy atom. The van der Waals surface area contributed by atoms with Gasteiger partial charge in [-0.3, -0.25) is 4.98 Å². The van der Waals surface area contributed by atoms with Crippen molar-refractivity contribution in [2.45, 2.75) is 19.0 Å². The molecule has 5 heteroatoms. The van der Waals surface area contributed by atoms with E-state index in [1.807, 2.05) is 38.3 Å². The molecular formula is C12H13N3OS. The molecule has 0 aliphatic rings. The molecule has 2 rings (SSSR count). The molecule has 1 aromatic heterocycles. The number of hydrogen-bond acceptors (Lipinski definition) is 4. The lowest BCUT2D eigenvalue weighted by Crippen LogP contribution is -2.14. The summed E-state index contributed by atoms with van der Waals surface area (Å²) in [6.07, 6.45) is 1.85. The fourth-order valence-corrected chi connectivity index (χ4v) is 2.12. The zero-order chi connectivity index (χ0) is 12.4. The van der Waals surface area contributed by atoms with Gasteiger partial charge in [-0.05, 0) is 31.2 Å². The summed E-state index contributed by atoms with van der Waals surface area (Å²) in [5, 5.41) is 0.492. The van der Waals surface area contributed by atoms with Crippen LogP contribution >= 0.6 is 11.8 Å². The predicted octanol–water partition coefficient (Wildman–Crippen LogP) is 2.17. The van der Waals surface area contributed by atoms with Crippen molar-refractivity contribution < 1.29 is 0 Å². The zero-order valence-electron chi connectivity index (χ0n) is 9.94. The number of aromatic amines is 1. The fourth-order valence-electron chi connectivity index (χ4n) is 1.76. The Morgan fingerprint density at radius 1 is 1.18 bits per heavy atom. The molecule has 0 saturated carbocycles. The minimum absolute atomic E-state index is 0.359. The van der Waals surface area contributed by atoms with Crippen LogP contribution in [-0.4, -0.2) is 21.2 Å². The van der Waals surface area contributed by atoms with E-state index in [-0.39, 0.29) is 5.69 Å². The quantitative estimate of drug-likeness (QED) is 0.826. The lowest BCUT2D eigenvalue weighted by atomic mass is 10.0. The Labute approximate surface area is 104 Å². The summed E-state index contributed by atoms with van der Waals surface area (Å²) in [5.74, 6) is 0.588. The molecule has 0 fully saturated rings. The van der Waals surface area contributed by atoms with Gasteiger partial charge >= 0.3 is 5.69 Å². The van der Waals surface area contributed by atoms with E-state index >= 15 is 0 Å². The molecule has 0 saturated heterocycles. The lowest BCUT2D eigenvalue weighted by Gasteiger charge is -2.08. The summed E-state index contributed by atoms with van der Waals surface area (Å²) in [5.41, 5.74) is 2.79. The van der Waals surface area contributed by atoms with Crippen LogP contribution in [0.1, 0.15) is 11.1 Å². The summed E-state index contributed by atoms with van der Waals surface area (Å²) in [7, 11) is 0. The zero-order valence-corrected chi connectivity index (χ0v) is 10.8. The first-order valence-corrected chi connectivity index (χ1v) is 6.43. The highest BCUT2D eigenvalue weighted by molar-refractivity contribution is 7.98. The third-order valence-electron chi connectivity index (χ3n) is 2.53. The summed E-state index contributed by atoms with van der Waals surface area (Å²) in [6.45, 7) is 4.00. The van der Waals surface area contributed by atoms with Crippen LogP contribution in [0.4, 0.5) is 0 Å². The number of rotatable bonds is 2. The maximum Gasteiger partial charge on any atom is 0.349 e. The first-order chi connectivity index (χ1) is 8.11. The number of benzene rings is 1. The molecule has 0 aliphatic carbocycles. The van der Waals surface area contributed by atoms with Crippen molar-refractivity contribution in [3.05, 3.63) is 39.8 Å². The molecule has 1 N–H and O–H groups in total. The van der Waals surface area contributed by atoms with Gasteiger partial charge in [-0.25, -0.2) is 9.78 Å². The van der Waals surface area contributed by atoms with E-state index in [0.717, 1.165) is 16.7 Å². The minimum atomic E-state index is -0.359. The van der Waals surface area contributed by atoms with E-state index in [4.69, 9.17) is 0 Å². The molecule has 0 radical (unpaired) electrons. The van der Waals surface area contributed by atoms with Crippen molar-refractivity contribution in [1.29, 1.82) is 0 Å². The van der Waals surface area contributed by atoms with Gasteiger partial charge in [0.05, 0.1) is 0 Å². The molecular weight excluding hydrogens is 234 g/mol.